The summed E-state index contributed by atoms with van der Waals surface area (Å²) in [4.78, 5) is 11.1. The van der Waals surface area contributed by atoms with E-state index < -0.39 is 22.5 Å². The molecule has 0 bridgehead atoms. The van der Waals surface area contributed by atoms with Crippen LogP contribution in [0.4, 0.5) is 0 Å². The summed E-state index contributed by atoms with van der Waals surface area (Å²) >= 11 is 0. The first kappa shape index (κ1) is 23.5. The highest BCUT2D eigenvalue weighted by molar-refractivity contribution is 7.80. The zero-order chi connectivity index (χ0) is 22.6. The van der Waals surface area contributed by atoms with Crippen molar-refractivity contribution in [2.45, 2.75) is 97.5 Å². The van der Waals surface area contributed by atoms with Crippen molar-refractivity contribution < 1.29 is 27.1 Å². The molecule has 0 aromatic rings. The van der Waals surface area contributed by atoms with Crippen molar-refractivity contribution in [3.63, 3.8) is 0 Å². The first-order chi connectivity index (χ1) is 14.5. The number of carbonyl (C=O) groups is 1. The van der Waals surface area contributed by atoms with Gasteiger partial charge >= 0.3 is 16.4 Å². The highest BCUT2D eigenvalue weighted by Crippen LogP contribution is 2.68. The summed E-state index contributed by atoms with van der Waals surface area (Å²) in [6, 6.07) is 0. The van der Waals surface area contributed by atoms with Crippen molar-refractivity contribution in [2.24, 2.45) is 46.3 Å². The maximum atomic E-state index is 11.8. The Labute approximate surface area is 187 Å². The molecule has 0 aliphatic heterocycles. The Morgan fingerprint density at radius 3 is 2.45 bits per heavy atom. The smallest absolute Gasteiger partial charge is 0.397 e. The second-order valence-electron chi connectivity index (χ2n) is 11.7. The van der Waals surface area contributed by atoms with Gasteiger partial charge in [0.1, 0.15) is 0 Å². The van der Waals surface area contributed by atoms with Gasteiger partial charge in [-0.1, -0.05) is 33.6 Å². The molecule has 5 unspecified atom stereocenters. The minimum absolute atomic E-state index is 0.0811. The van der Waals surface area contributed by atoms with Crippen molar-refractivity contribution >= 4 is 16.4 Å². The summed E-state index contributed by atoms with van der Waals surface area (Å²) in [7, 11) is -4.49. The fourth-order valence-electron chi connectivity index (χ4n) is 9.01. The SMILES string of the molecule is C[C@H](CCC(=O)O)C1CCC2C3C(CC[C@@]21C)[C@@]1(C)CCCCC1C[C@@H]3OS(=O)(=O)O. The lowest BCUT2D eigenvalue weighted by molar-refractivity contribution is -0.158. The Bertz CT molecular complexity index is 796. The third kappa shape index (κ3) is 4.19. The van der Waals surface area contributed by atoms with E-state index in [4.69, 9.17) is 9.29 Å². The number of hydrogen-bond acceptors (Lipinski definition) is 4. The standard InChI is InChI=1S/C24H40O6S/c1-15(7-10-21(25)26)17-8-9-18-22-19(11-13-24(17,18)3)23(2)12-5-4-6-16(23)14-20(22)30-31(27,28)29/h15-20,22H,4-14H2,1-3H3,(H,25,26)(H,27,28,29)/t15-,16?,17?,18?,19?,20+,22?,23+,24-/m1/s1. The number of carboxylic acid groups (broad SMARTS) is 1. The molecule has 2 N–H and O–H groups in total. The number of fused-ring (bicyclic) bond motifs is 5. The van der Waals surface area contributed by atoms with Crippen molar-refractivity contribution in [3.8, 4) is 0 Å². The highest BCUT2D eigenvalue weighted by atomic mass is 32.3. The predicted octanol–water partition coefficient (Wildman–Crippen LogP) is 5.33. The van der Waals surface area contributed by atoms with Crippen LogP contribution >= 0.6 is 0 Å². The van der Waals surface area contributed by atoms with Gasteiger partial charge in [0, 0.05) is 6.42 Å². The molecule has 31 heavy (non-hydrogen) atoms. The van der Waals surface area contributed by atoms with Crippen molar-refractivity contribution in [1.29, 1.82) is 0 Å². The number of rotatable bonds is 6. The lowest BCUT2D eigenvalue weighted by Crippen LogP contribution is -2.58. The monoisotopic (exact) mass is 456 g/mol. The van der Waals surface area contributed by atoms with Gasteiger partial charge in [-0.3, -0.25) is 9.35 Å². The van der Waals surface area contributed by atoms with E-state index in [2.05, 4.69) is 20.8 Å². The van der Waals surface area contributed by atoms with Gasteiger partial charge in [-0.25, -0.2) is 4.18 Å². The third-order valence-electron chi connectivity index (χ3n) is 10.4. The average molecular weight is 457 g/mol. The normalized spacial score (nSPS) is 45.9. The van der Waals surface area contributed by atoms with Crippen LogP contribution in [0.2, 0.25) is 0 Å². The summed E-state index contributed by atoms with van der Waals surface area (Å²) in [5.41, 5.74) is 0.314. The van der Waals surface area contributed by atoms with Crippen LogP contribution in [-0.2, 0) is 19.4 Å². The van der Waals surface area contributed by atoms with Gasteiger partial charge in [0.15, 0.2) is 0 Å². The van der Waals surface area contributed by atoms with E-state index in [9.17, 15) is 17.8 Å². The molecule has 178 valence electrons. The second kappa shape index (κ2) is 8.28. The first-order valence-electron chi connectivity index (χ1n) is 12.3. The van der Waals surface area contributed by atoms with E-state index in [1.807, 2.05) is 0 Å². The van der Waals surface area contributed by atoms with E-state index >= 15 is 0 Å². The van der Waals surface area contributed by atoms with E-state index in [-0.39, 0.29) is 23.2 Å². The minimum Gasteiger partial charge on any atom is -0.481 e. The zero-order valence-electron chi connectivity index (χ0n) is 19.3. The van der Waals surface area contributed by atoms with Gasteiger partial charge in [-0.2, -0.15) is 8.42 Å². The Morgan fingerprint density at radius 2 is 1.77 bits per heavy atom. The van der Waals surface area contributed by atoms with E-state index in [1.54, 1.807) is 0 Å². The van der Waals surface area contributed by atoms with Crippen LogP contribution in [0.3, 0.4) is 0 Å². The Morgan fingerprint density at radius 1 is 1.06 bits per heavy atom. The van der Waals surface area contributed by atoms with Gasteiger partial charge in [0.2, 0.25) is 0 Å². The molecule has 0 saturated heterocycles. The van der Waals surface area contributed by atoms with Gasteiger partial charge in [-0.05, 0) is 97.7 Å². The molecule has 7 heteroatoms. The minimum atomic E-state index is -4.49. The molecule has 0 radical (unpaired) electrons. The van der Waals surface area contributed by atoms with Crippen molar-refractivity contribution in [2.75, 3.05) is 0 Å². The molecule has 0 aromatic carbocycles. The Kier molecular flexibility index (Phi) is 6.28. The zero-order valence-corrected chi connectivity index (χ0v) is 20.1. The number of carboxylic acids is 1. The summed E-state index contributed by atoms with van der Waals surface area (Å²) in [5.74, 6) is 1.48. The predicted molar refractivity (Wildman–Crippen MR) is 118 cm³/mol. The van der Waals surface area contributed by atoms with E-state index in [0.717, 1.165) is 38.5 Å². The van der Waals surface area contributed by atoms with Crippen LogP contribution in [0.15, 0.2) is 0 Å². The summed E-state index contributed by atoms with van der Waals surface area (Å²) in [6.45, 7) is 6.99. The summed E-state index contributed by atoms with van der Waals surface area (Å²) in [5, 5.41) is 9.14. The van der Waals surface area contributed by atoms with Crippen LogP contribution in [0.5, 0.6) is 0 Å². The molecule has 9 atom stereocenters. The maximum Gasteiger partial charge on any atom is 0.397 e. The fraction of sp³-hybridized carbons (Fsp3) is 0.958. The van der Waals surface area contributed by atoms with Gasteiger partial charge < -0.3 is 5.11 Å². The fourth-order valence-corrected chi connectivity index (χ4v) is 9.53. The van der Waals surface area contributed by atoms with Crippen LogP contribution in [-0.4, -0.2) is 30.2 Å². The topological polar surface area (TPSA) is 101 Å². The lowest BCUT2D eigenvalue weighted by Gasteiger charge is -2.62. The molecule has 0 spiro atoms. The summed E-state index contributed by atoms with van der Waals surface area (Å²) < 4.78 is 38.6. The summed E-state index contributed by atoms with van der Waals surface area (Å²) in [6.07, 6.45) is 10.3. The van der Waals surface area contributed by atoms with Crippen LogP contribution < -0.4 is 0 Å². The molecule has 4 fully saturated rings. The molecule has 4 aliphatic rings. The molecular formula is C24H40O6S. The van der Waals surface area contributed by atoms with Gasteiger partial charge in [0.05, 0.1) is 6.10 Å². The van der Waals surface area contributed by atoms with E-state index in [0.29, 0.717) is 36.0 Å². The lowest BCUT2D eigenvalue weighted by atomic mass is 9.44. The molecule has 4 saturated carbocycles. The van der Waals surface area contributed by atoms with Crippen molar-refractivity contribution in [1.82, 2.24) is 0 Å². The Balaban J connectivity index is 1.64. The van der Waals surface area contributed by atoms with E-state index in [1.165, 1.54) is 19.3 Å². The second-order valence-corrected chi connectivity index (χ2v) is 12.7. The largest absolute Gasteiger partial charge is 0.481 e. The van der Waals surface area contributed by atoms with Crippen LogP contribution in [0, 0.1) is 46.3 Å². The van der Waals surface area contributed by atoms with Gasteiger partial charge in [0.25, 0.3) is 0 Å². The van der Waals surface area contributed by atoms with Crippen molar-refractivity contribution in [3.05, 3.63) is 0 Å². The van der Waals surface area contributed by atoms with Crippen LogP contribution in [0.1, 0.15) is 91.4 Å². The molecule has 0 heterocycles. The molecule has 0 aromatic heterocycles. The van der Waals surface area contributed by atoms with Crippen LogP contribution in [0.25, 0.3) is 0 Å². The highest BCUT2D eigenvalue weighted by Gasteiger charge is 2.63. The Hall–Kier alpha value is -0.660. The van der Waals surface area contributed by atoms with Gasteiger partial charge in [-0.15, -0.1) is 0 Å². The number of aliphatic carboxylic acids is 1. The maximum absolute atomic E-state index is 11.8. The quantitative estimate of drug-likeness (QED) is 0.524. The third-order valence-corrected chi connectivity index (χ3v) is 10.9. The number of hydrogen-bond donors (Lipinski definition) is 2. The molecule has 4 aliphatic carbocycles. The molecular weight excluding hydrogens is 416 g/mol. The molecule has 4 rings (SSSR count). The first-order valence-corrected chi connectivity index (χ1v) is 13.7. The molecule has 0 amide bonds. The molecule has 6 nitrogen and oxygen atoms in total. The average Bonchev–Trinajstić information content (AvgIpc) is 3.02.